The summed E-state index contributed by atoms with van der Waals surface area (Å²) in [5, 5.41) is 0.454. The molecule has 0 aliphatic carbocycles. The minimum Gasteiger partial charge on any atom is -0.185 e. The lowest BCUT2D eigenvalue weighted by Gasteiger charge is -1.87. The van der Waals surface area contributed by atoms with Crippen LogP contribution < -0.4 is 0 Å². The normalized spacial score (nSPS) is 14.2. The maximum Gasteiger partial charge on any atom is 0.123 e. The Morgan fingerprint density at radius 3 is 2.00 bits per heavy atom. The monoisotopic (exact) mass is 87.0 g/mol. The van der Waals surface area contributed by atoms with Crippen LogP contribution in [0.1, 0.15) is 6.92 Å². The van der Waals surface area contributed by atoms with E-state index in [-0.39, 0.29) is 0 Å². The Bertz CT molecular complexity index is 20.9. The largest absolute Gasteiger partial charge is 0.185 e. The van der Waals surface area contributed by atoms with Gasteiger partial charge in [0.25, 0.3) is 0 Å². The van der Waals surface area contributed by atoms with Crippen molar-refractivity contribution in [2.24, 2.45) is 0 Å². The molecular weight excluding hydrogens is 78.9 g/mol. The van der Waals surface area contributed by atoms with Gasteiger partial charge in [0.1, 0.15) is 7.28 Å². The molecule has 0 aromatic rings. The van der Waals surface area contributed by atoms with Crippen LogP contribution >= 0.6 is 12.6 Å². The van der Waals surface area contributed by atoms with Gasteiger partial charge in [0.2, 0.25) is 0 Å². The molecule has 0 N–H and O–H groups in total. The quantitative estimate of drug-likeness (QED) is 0.358. The fourth-order valence-electron chi connectivity index (χ4n) is 0. The Labute approximate surface area is 39.6 Å². The highest BCUT2D eigenvalue weighted by molar-refractivity contribution is 7.82. The van der Waals surface area contributed by atoms with E-state index >= 15 is 0 Å². The first kappa shape index (κ1) is 5.41. The first-order valence-corrected chi connectivity index (χ1v) is 2.26. The molecule has 2 heteroatoms. The topological polar surface area (TPSA) is 0 Å². The molecule has 0 fully saturated rings. The van der Waals surface area contributed by atoms with Crippen LogP contribution in [0.4, 0.5) is 0 Å². The molecule has 0 aromatic heterocycles. The van der Waals surface area contributed by atoms with Crippen LogP contribution in [0.3, 0.4) is 0 Å². The first-order valence-electron chi connectivity index (χ1n) is 1.75. The van der Waals surface area contributed by atoms with Crippen molar-refractivity contribution in [3.05, 3.63) is 0 Å². The van der Waals surface area contributed by atoms with E-state index in [9.17, 15) is 0 Å². The summed E-state index contributed by atoms with van der Waals surface area (Å²) in [5.74, 6) is 0. The highest BCUT2D eigenvalue weighted by Gasteiger charge is 1.83. The Kier molecular flexibility index (Phi) is 2.86. The number of hydrogen-bond donors (Lipinski definition) is 1. The summed E-state index contributed by atoms with van der Waals surface area (Å²) in [6.45, 7) is 4.03. The zero-order valence-corrected chi connectivity index (χ0v) is 4.50. The number of rotatable bonds is 1. The molecule has 0 aliphatic rings. The average molecular weight is 87.0 g/mol. The van der Waals surface area contributed by atoms with Gasteiger partial charge in [0.15, 0.2) is 0 Å². The van der Waals surface area contributed by atoms with Crippen molar-refractivity contribution in [3.8, 4) is 0 Å². The first-order chi connectivity index (χ1) is 2.27. The number of hydrogen-bond acceptors (Lipinski definition) is 1. The predicted molar refractivity (Wildman–Crippen MR) is 30.1 cm³/mol. The molecule has 1 unspecified atom stereocenters. The van der Waals surface area contributed by atoms with Crippen LogP contribution in [0.2, 0.25) is 6.82 Å². The summed E-state index contributed by atoms with van der Waals surface area (Å²) in [6, 6.07) is 0. The molecule has 0 amide bonds. The second-order valence-corrected chi connectivity index (χ2v) is 1.89. The van der Waals surface area contributed by atoms with Crippen molar-refractivity contribution in [3.63, 3.8) is 0 Å². The SMILES string of the molecule is C[B]C(C)S. The van der Waals surface area contributed by atoms with Gasteiger partial charge in [-0.25, -0.2) is 0 Å². The molecule has 0 saturated carbocycles. The predicted octanol–water partition coefficient (Wildman–Crippen LogP) is 1.01. The van der Waals surface area contributed by atoms with Gasteiger partial charge in [-0.1, -0.05) is 13.7 Å². The van der Waals surface area contributed by atoms with Crippen molar-refractivity contribution in [1.29, 1.82) is 0 Å². The lowest BCUT2D eigenvalue weighted by atomic mass is 9.79. The van der Waals surface area contributed by atoms with E-state index in [0.717, 1.165) is 0 Å². The Balaban J connectivity index is 2.54. The van der Waals surface area contributed by atoms with E-state index in [2.05, 4.69) is 12.6 Å². The van der Waals surface area contributed by atoms with Crippen LogP contribution in [-0.2, 0) is 0 Å². The molecule has 0 saturated heterocycles. The minimum atomic E-state index is 0.454. The van der Waals surface area contributed by atoms with Crippen molar-refractivity contribution >= 4 is 19.9 Å². The molecule has 0 aromatic carbocycles. The molecule has 0 rings (SSSR count). The molecular formula is C3H8BS. The third-order valence-corrected chi connectivity index (χ3v) is 0.781. The van der Waals surface area contributed by atoms with Gasteiger partial charge in [-0.3, -0.25) is 0 Å². The summed E-state index contributed by atoms with van der Waals surface area (Å²) >= 11 is 4.04. The van der Waals surface area contributed by atoms with E-state index in [1.54, 1.807) is 0 Å². The van der Waals surface area contributed by atoms with Gasteiger partial charge in [0.05, 0.1) is 0 Å². The van der Waals surface area contributed by atoms with Crippen molar-refractivity contribution in [2.45, 2.75) is 18.9 Å². The summed E-state index contributed by atoms with van der Waals surface area (Å²) in [4.78, 5) is 0. The van der Waals surface area contributed by atoms with Crippen molar-refractivity contribution in [2.75, 3.05) is 0 Å². The third kappa shape index (κ3) is 4.41. The van der Waals surface area contributed by atoms with E-state index in [1.165, 1.54) is 0 Å². The highest BCUT2D eigenvalue weighted by atomic mass is 32.1. The Morgan fingerprint density at radius 2 is 2.00 bits per heavy atom. The summed E-state index contributed by atoms with van der Waals surface area (Å²) in [6.07, 6.45) is 0. The summed E-state index contributed by atoms with van der Waals surface area (Å²) in [7, 11) is 2.03. The molecule has 0 aliphatic heterocycles. The molecule has 0 heterocycles. The average Bonchev–Trinajstić information content (AvgIpc) is 1.38. The fourth-order valence-corrected chi connectivity index (χ4v) is 0. The standard InChI is InChI=1S/C3H8BS/c1-3(5)4-2/h3,5H,1-2H3. The summed E-state index contributed by atoms with van der Waals surface area (Å²) in [5.41, 5.74) is 0. The van der Waals surface area contributed by atoms with Gasteiger partial charge in [0, 0.05) is 0 Å². The van der Waals surface area contributed by atoms with Crippen LogP contribution in [0.15, 0.2) is 0 Å². The van der Waals surface area contributed by atoms with E-state index in [1.807, 2.05) is 21.0 Å². The van der Waals surface area contributed by atoms with E-state index in [0.29, 0.717) is 5.15 Å². The zero-order chi connectivity index (χ0) is 4.28. The van der Waals surface area contributed by atoms with E-state index in [4.69, 9.17) is 0 Å². The van der Waals surface area contributed by atoms with Gasteiger partial charge in [-0.05, 0) is 5.15 Å². The number of thiol groups is 1. The molecule has 0 nitrogen and oxygen atoms in total. The van der Waals surface area contributed by atoms with Crippen molar-refractivity contribution < 1.29 is 0 Å². The lowest BCUT2D eigenvalue weighted by Crippen LogP contribution is -1.96. The maximum absolute atomic E-state index is 4.04. The smallest absolute Gasteiger partial charge is 0.123 e. The molecule has 0 spiro atoms. The molecule has 1 radical (unpaired) electrons. The third-order valence-electron chi connectivity index (χ3n) is 0.482. The molecule has 1 atom stereocenters. The van der Waals surface area contributed by atoms with Gasteiger partial charge in [-0.2, -0.15) is 12.6 Å². The van der Waals surface area contributed by atoms with Gasteiger partial charge < -0.3 is 0 Å². The lowest BCUT2D eigenvalue weighted by molar-refractivity contribution is 1.39. The maximum atomic E-state index is 4.04. The highest BCUT2D eigenvalue weighted by Crippen LogP contribution is 1.84. The minimum absolute atomic E-state index is 0.454. The second-order valence-electron chi connectivity index (χ2n) is 1.07. The Hall–Kier alpha value is 0.415. The van der Waals surface area contributed by atoms with Gasteiger partial charge >= 0.3 is 0 Å². The van der Waals surface area contributed by atoms with Crippen molar-refractivity contribution in [1.82, 2.24) is 0 Å². The summed E-state index contributed by atoms with van der Waals surface area (Å²) < 4.78 is 0. The van der Waals surface area contributed by atoms with Crippen LogP contribution in [0, 0.1) is 0 Å². The molecule has 0 bridgehead atoms. The Morgan fingerprint density at radius 1 is 1.80 bits per heavy atom. The molecule has 29 valence electrons. The second kappa shape index (κ2) is 2.64. The van der Waals surface area contributed by atoms with Crippen LogP contribution in [0.5, 0.6) is 0 Å². The van der Waals surface area contributed by atoms with E-state index < -0.39 is 0 Å². The zero-order valence-electron chi connectivity index (χ0n) is 3.60. The van der Waals surface area contributed by atoms with Gasteiger partial charge in [-0.15, -0.1) is 0 Å². The van der Waals surface area contributed by atoms with Crippen LogP contribution in [0.25, 0.3) is 0 Å². The fraction of sp³-hybridized carbons (Fsp3) is 1.00. The molecule has 5 heavy (non-hydrogen) atoms. The van der Waals surface area contributed by atoms with Crippen LogP contribution in [-0.4, -0.2) is 12.4 Å².